The SMILES string of the molecule is CCOc1cc(/C=C2/C(=O)N(CC)C(=S)N2C)cc(Cl)c1OCc1ccccc1C#N. The molecule has 2 aromatic rings. The van der Waals surface area contributed by atoms with Crippen LogP contribution in [0.3, 0.4) is 0 Å². The normalized spacial score (nSPS) is 14.9. The van der Waals surface area contributed by atoms with Crippen molar-refractivity contribution in [2.24, 2.45) is 0 Å². The van der Waals surface area contributed by atoms with E-state index >= 15 is 0 Å². The first kappa shape index (κ1) is 22.6. The van der Waals surface area contributed by atoms with Crippen molar-refractivity contribution in [3.05, 3.63) is 63.8 Å². The highest BCUT2D eigenvalue weighted by molar-refractivity contribution is 7.80. The molecule has 0 aromatic heterocycles. The van der Waals surface area contributed by atoms with Crippen molar-refractivity contribution in [3.63, 3.8) is 0 Å². The van der Waals surface area contributed by atoms with E-state index < -0.39 is 0 Å². The van der Waals surface area contributed by atoms with E-state index in [2.05, 4.69) is 6.07 Å². The van der Waals surface area contributed by atoms with Gasteiger partial charge in [-0.2, -0.15) is 5.26 Å². The quantitative estimate of drug-likeness (QED) is 0.448. The molecule has 3 rings (SSSR count). The van der Waals surface area contributed by atoms with Crippen LogP contribution in [0.15, 0.2) is 42.1 Å². The van der Waals surface area contributed by atoms with Crippen molar-refractivity contribution in [2.75, 3.05) is 20.2 Å². The van der Waals surface area contributed by atoms with Gasteiger partial charge >= 0.3 is 0 Å². The fraction of sp³-hybridized carbons (Fsp3) is 0.261. The van der Waals surface area contributed by atoms with Gasteiger partial charge in [-0.3, -0.25) is 9.69 Å². The summed E-state index contributed by atoms with van der Waals surface area (Å²) in [6.07, 6.45) is 1.73. The summed E-state index contributed by atoms with van der Waals surface area (Å²) in [4.78, 5) is 15.9. The first-order chi connectivity index (χ1) is 14.9. The Morgan fingerprint density at radius 1 is 1.23 bits per heavy atom. The number of hydrogen-bond donors (Lipinski definition) is 0. The van der Waals surface area contributed by atoms with E-state index in [0.717, 1.165) is 5.56 Å². The highest BCUT2D eigenvalue weighted by Crippen LogP contribution is 2.38. The lowest BCUT2D eigenvalue weighted by Gasteiger charge is -2.16. The summed E-state index contributed by atoms with van der Waals surface area (Å²) in [6.45, 7) is 4.82. The van der Waals surface area contributed by atoms with Crippen molar-refractivity contribution in [2.45, 2.75) is 20.5 Å². The van der Waals surface area contributed by atoms with Crippen LogP contribution in [0.4, 0.5) is 0 Å². The monoisotopic (exact) mass is 455 g/mol. The lowest BCUT2D eigenvalue weighted by Crippen LogP contribution is -2.30. The molecule has 0 bridgehead atoms. The van der Waals surface area contributed by atoms with Gasteiger partial charge in [-0.05, 0) is 55.9 Å². The predicted octanol–water partition coefficient (Wildman–Crippen LogP) is 4.61. The zero-order valence-corrected chi connectivity index (χ0v) is 19.1. The molecular weight excluding hydrogens is 434 g/mol. The summed E-state index contributed by atoms with van der Waals surface area (Å²) >= 11 is 11.9. The molecule has 1 aliphatic rings. The van der Waals surface area contributed by atoms with Gasteiger partial charge in [0.15, 0.2) is 16.6 Å². The van der Waals surface area contributed by atoms with Crippen LogP contribution in [-0.4, -0.2) is 41.0 Å². The minimum atomic E-state index is -0.155. The number of amides is 1. The Morgan fingerprint density at radius 2 is 1.97 bits per heavy atom. The molecule has 8 heteroatoms. The molecule has 6 nitrogen and oxygen atoms in total. The third-order valence-electron chi connectivity index (χ3n) is 4.80. The third kappa shape index (κ3) is 4.66. The summed E-state index contributed by atoms with van der Waals surface area (Å²) in [6, 6.07) is 12.8. The summed E-state index contributed by atoms with van der Waals surface area (Å²) in [5.74, 6) is 0.687. The van der Waals surface area contributed by atoms with Crippen LogP contribution in [-0.2, 0) is 11.4 Å². The first-order valence-corrected chi connectivity index (χ1v) is 10.6. The zero-order valence-electron chi connectivity index (χ0n) is 17.5. The molecule has 2 aromatic carbocycles. The van der Waals surface area contributed by atoms with Gasteiger partial charge in [-0.25, -0.2) is 0 Å². The van der Waals surface area contributed by atoms with Crippen LogP contribution in [0.2, 0.25) is 5.02 Å². The predicted molar refractivity (Wildman–Crippen MR) is 124 cm³/mol. The molecule has 0 atom stereocenters. The Bertz CT molecular complexity index is 1090. The molecule has 31 heavy (non-hydrogen) atoms. The van der Waals surface area contributed by atoms with E-state index in [-0.39, 0.29) is 12.5 Å². The highest BCUT2D eigenvalue weighted by atomic mass is 35.5. The van der Waals surface area contributed by atoms with E-state index in [1.54, 1.807) is 42.3 Å². The summed E-state index contributed by atoms with van der Waals surface area (Å²) in [5, 5.41) is 10.1. The Hall–Kier alpha value is -3.08. The Morgan fingerprint density at radius 3 is 2.61 bits per heavy atom. The summed E-state index contributed by atoms with van der Waals surface area (Å²) < 4.78 is 11.7. The molecule has 0 radical (unpaired) electrons. The van der Waals surface area contributed by atoms with Gasteiger partial charge in [0.25, 0.3) is 5.91 Å². The summed E-state index contributed by atoms with van der Waals surface area (Å²) in [7, 11) is 1.76. The average molecular weight is 456 g/mol. The van der Waals surface area contributed by atoms with Crippen LogP contribution in [0, 0.1) is 11.3 Å². The second kappa shape index (κ2) is 9.82. The molecule has 160 valence electrons. The number of hydrogen-bond acceptors (Lipinski definition) is 5. The van der Waals surface area contributed by atoms with E-state index in [0.29, 0.717) is 51.6 Å². The van der Waals surface area contributed by atoms with Crippen molar-refractivity contribution in [1.82, 2.24) is 9.80 Å². The molecular formula is C23H22ClN3O3S. The maximum Gasteiger partial charge on any atom is 0.276 e. The van der Waals surface area contributed by atoms with E-state index in [1.165, 1.54) is 4.90 Å². The number of ether oxygens (including phenoxy) is 2. The Labute approximate surface area is 192 Å². The molecule has 1 fully saturated rings. The molecule has 1 aliphatic heterocycles. The van der Waals surface area contributed by atoms with Gasteiger partial charge in [0.05, 0.1) is 23.3 Å². The minimum Gasteiger partial charge on any atom is -0.490 e. The number of rotatable bonds is 7. The second-order valence-corrected chi connectivity index (χ2v) is 7.51. The molecule has 1 saturated heterocycles. The smallest absolute Gasteiger partial charge is 0.276 e. The standard InChI is InChI=1S/C23H22ClN3O3S/c1-4-27-22(28)19(26(3)23(27)31)11-15-10-18(24)21(20(12-15)29-5-2)30-14-17-9-7-6-8-16(17)13-25/h6-12H,4-5,14H2,1-3H3/b19-11-. The van der Waals surface area contributed by atoms with E-state index in [1.807, 2.05) is 26.0 Å². The van der Waals surface area contributed by atoms with E-state index in [9.17, 15) is 10.1 Å². The fourth-order valence-corrected chi connectivity index (χ4v) is 3.81. The van der Waals surface area contributed by atoms with Gasteiger partial charge < -0.3 is 14.4 Å². The number of nitrogens with zero attached hydrogens (tertiary/aromatic N) is 3. The van der Waals surface area contributed by atoms with Crippen molar-refractivity contribution < 1.29 is 14.3 Å². The van der Waals surface area contributed by atoms with Gasteiger partial charge in [0, 0.05) is 19.2 Å². The Balaban J connectivity index is 1.93. The van der Waals surface area contributed by atoms with Crippen molar-refractivity contribution >= 4 is 40.9 Å². The molecule has 0 N–H and O–H groups in total. The summed E-state index contributed by atoms with van der Waals surface area (Å²) in [5.41, 5.74) is 2.44. The number of likely N-dealkylation sites (N-methyl/N-ethyl adjacent to an activating group) is 2. The Kier molecular flexibility index (Phi) is 7.16. The third-order valence-corrected chi connectivity index (χ3v) is 5.58. The van der Waals surface area contributed by atoms with Crippen molar-refractivity contribution in [3.8, 4) is 17.6 Å². The number of carbonyl (C=O) groups is 1. The number of benzene rings is 2. The van der Waals surface area contributed by atoms with Gasteiger partial charge in [0.1, 0.15) is 12.3 Å². The molecule has 0 aliphatic carbocycles. The molecule has 0 unspecified atom stereocenters. The number of thiocarbonyl (C=S) groups is 1. The van der Waals surface area contributed by atoms with Gasteiger partial charge in [-0.15, -0.1) is 0 Å². The van der Waals surface area contributed by atoms with Crippen LogP contribution in [0.5, 0.6) is 11.5 Å². The van der Waals surface area contributed by atoms with Gasteiger partial charge in [0.2, 0.25) is 0 Å². The topological polar surface area (TPSA) is 65.8 Å². The van der Waals surface area contributed by atoms with Gasteiger partial charge in [-0.1, -0.05) is 29.8 Å². The fourth-order valence-electron chi connectivity index (χ4n) is 3.23. The lowest BCUT2D eigenvalue weighted by molar-refractivity contribution is -0.122. The number of nitriles is 1. The maximum atomic E-state index is 12.7. The zero-order chi connectivity index (χ0) is 22.5. The number of carbonyl (C=O) groups excluding carboxylic acids is 1. The second-order valence-electron chi connectivity index (χ2n) is 6.74. The van der Waals surface area contributed by atoms with Crippen LogP contribution in [0.25, 0.3) is 6.08 Å². The largest absolute Gasteiger partial charge is 0.490 e. The highest BCUT2D eigenvalue weighted by Gasteiger charge is 2.34. The molecule has 0 saturated carbocycles. The van der Waals surface area contributed by atoms with Crippen LogP contribution < -0.4 is 9.47 Å². The van der Waals surface area contributed by atoms with Crippen molar-refractivity contribution in [1.29, 1.82) is 5.26 Å². The first-order valence-electron chi connectivity index (χ1n) is 9.79. The van der Waals surface area contributed by atoms with E-state index in [4.69, 9.17) is 33.3 Å². The lowest BCUT2D eigenvalue weighted by atomic mass is 10.1. The minimum absolute atomic E-state index is 0.155. The van der Waals surface area contributed by atoms with Crippen LogP contribution >= 0.6 is 23.8 Å². The number of halogens is 1. The molecule has 1 heterocycles. The average Bonchev–Trinajstić information content (AvgIpc) is 2.96. The molecule has 0 spiro atoms. The molecule has 1 amide bonds. The van der Waals surface area contributed by atoms with Crippen LogP contribution in [0.1, 0.15) is 30.5 Å². The maximum absolute atomic E-state index is 12.7.